The van der Waals surface area contributed by atoms with Crippen LogP contribution in [0.2, 0.25) is 0 Å². The van der Waals surface area contributed by atoms with Crippen molar-refractivity contribution in [3.8, 4) is 0 Å². The molecule has 0 aliphatic carbocycles. The van der Waals surface area contributed by atoms with Gasteiger partial charge in [0.05, 0.1) is 5.69 Å². The van der Waals surface area contributed by atoms with Crippen LogP contribution in [-0.2, 0) is 10.0 Å². The van der Waals surface area contributed by atoms with Gasteiger partial charge in [-0.25, -0.2) is 12.8 Å². The van der Waals surface area contributed by atoms with E-state index in [1.165, 1.54) is 10.4 Å². The number of hydrogen-bond acceptors (Lipinski definition) is 4. The van der Waals surface area contributed by atoms with E-state index in [0.717, 1.165) is 12.1 Å². The number of nitrogens with zero attached hydrogens (tertiary/aromatic N) is 2. The van der Waals surface area contributed by atoms with E-state index in [0.29, 0.717) is 19.6 Å². The number of nitrogen functional groups attached to an aromatic ring is 1. The fourth-order valence-corrected chi connectivity index (χ4v) is 4.08. The average molecular weight is 287 g/mol. The number of halogens is 1. The number of hydrogen-bond donors (Lipinski definition) is 1. The summed E-state index contributed by atoms with van der Waals surface area (Å²) in [4.78, 5) is 1.91. The first-order valence-electron chi connectivity index (χ1n) is 6.08. The second-order valence-electron chi connectivity index (χ2n) is 4.91. The molecular formula is C12H18FN3O2S. The molecule has 1 atom stereocenters. The minimum Gasteiger partial charge on any atom is -0.398 e. The summed E-state index contributed by atoms with van der Waals surface area (Å²) in [6.45, 7) is 3.52. The zero-order valence-corrected chi connectivity index (χ0v) is 11.8. The van der Waals surface area contributed by atoms with Gasteiger partial charge in [0.25, 0.3) is 0 Å². The lowest BCUT2D eigenvalue weighted by atomic mass is 10.2. The van der Waals surface area contributed by atoms with Crippen LogP contribution in [0.4, 0.5) is 10.1 Å². The summed E-state index contributed by atoms with van der Waals surface area (Å²) < 4.78 is 39.7. The van der Waals surface area contributed by atoms with Gasteiger partial charge in [0.15, 0.2) is 0 Å². The second-order valence-corrected chi connectivity index (χ2v) is 6.77. The normalized spacial score (nSPS) is 22.6. The third kappa shape index (κ3) is 2.72. The Labute approximate surface area is 112 Å². The topological polar surface area (TPSA) is 66.6 Å². The third-order valence-electron chi connectivity index (χ3n) is 3.33. The molecule has 1 fully saturated rings. The molecular weight excluding hydrogens is 269 g/mol. The van der Waals surface area contributed by atoms with Crippen LogP contribution in [0.25, 0.3) is 0 Å². The summed E-state index contributed by atoms with van der Waals surface area (Å²) in [6, 6.07) is 3.26. The molecule has 1 aliphatic rings. The first-order chi connectivity index (χ1) is 8.82. The van der Waals surface area contributed by atoms with E-state index in [1.54, 1.807) is 0 Å². The molecule has 1 unspecified atom stereocenters. The van der Waals surface area contributed by atoms with Crippen molar-refractivity contribution in [3.05, 3.63) is 24.0 Å². The van der Waals surface area contributed by atoms with Crippen LogP contribution in [0.1, 0.15) is 6.92 Å². The van der Waals surface area contributed by atoms with Crippen molar-refractivity contribution in [2.45, 2.75) is 17.9 Å². The lowest BCUT2D eigenvalue weighted by Gasteiger charge is -2.37. The maximum Gasteiger partial charge on any atom is 0.245 e. The zero-order chi connectivity index (χ0) is 14.2. The minimum absolute atomic E-state index is 0.0764. The number of anilines is 1. The van der Waals surface area contributed by atoms with Gasteiger partial charge in [-0.1, -0.05) is 0 Å². The molecule has 2 rings (SSSR count). The molecule has 0 bridgehead atoms. The predicted octanol–water partition coefficient (Wildman–Crippen LogP) is 0.732. The van der Waals surface area contributed by atoms with Crippen LogP contribution < -0.4 is 5.73 Å². The summed E-state index contributed by atoms with van der Waals surface area (Å²) in [5, 5.41) is 0. The molecule has 0 spiro atoms. The molecule has 2 N–H and O–H groups in total. The number of sulfonamides is 1. The van der Waals surface area contributed by atoms with E-state index in [4.69, 9.17) is 5.73 Å². The van der Waals surface area contributed by atoms with Gasteiger partial charge < -0.3 is 10.6 Å². The molecule has 5 nitrogen and oxygen atoms in total. The van der Waals surface area contributed by atoms with E-state index in [2.05, 4.69) is 4.90 Å². The van der Waals surface area contributed by atoms with Crippen LogP contribution >= 0.6 is 0 Å². The minimum atomic E-state index is -3.75. The summed E-state index contributed by atoms with van der Waals surface area (Å²) >= 11 is 0. The third-order valence-corrected chi connectivity index (χ3v) is 5.40. The van der Waals surface area contributed by atoms with Gasteiger partial charge in [-0.05, 0) is 32.2 Å². The Bertz CT molecular complexity index is 576. The maximum absolute atomic E-state index is 13.3. The fraction of sp³-hybridized carbons (Fsp3) is 0.500. The first kappa shape index (κ1) is 14.2. The monoisotopic (exact) mass is 287 g/mol. The standard InChI is InChI=1S/C12H18FN3O2S/c1-9-8-15(2)5-6-16(9)19(17,18)12-7-10(13)3-4-11(12)14/h3-4,7,9H,5-6,8,14H2,1-2H3. The highest BCUT2D eigenvalue weighted by Gasteiger charge is 2.33. The van der Waals surface area contributed by atoms with Crippen molar-refractivity contribution in [3.63, 3.8) is 0 Å². The van der Waals surface area contributed by atoms with Gasteiger partial charge in [0.2, 0.25) is 10.0 Å². The SMILES string of the molecule is CC1CN(C)CCN1S(=O)(=O)c1cc(F)ccc1N. The summed E-state index contributed by atoms with van der Waals surface area (Å²) in [6.07, 6.45) is 0. The van der Waals surface area contributed by atoms with Gasteiger partial charge in [0.1, 0.15) is 10.7 Å². The van der Waals surface area contributed by atoms with Gasteiger partial charge >= 0.3 is 0 Å². The fourth-order valence-electron chi connectivity index (χ4n) is 2.34. The Morgan fingerprint density at radius 2 is 2.05 bits per heavy atom. The summed E-state index contributed by atoms with van der Waals surface area (Å²) in [5.74, 6) is -0.602. The number of rotatable bonds is 2. The predicted molar refractivity (Wildman–Crippen MR) is 71.7 cm³/mol. The van der Waals surface area contributed by atoms with E-state index in [9.17, 15) is 12.8 Å². The molecule has 1 aromatic rings. The smallest absolute Gasteiger partial charge is 0.245 e. The molecule has 0 amide bonds. The van der Waals surface area contributed by atoms with E-state index < -0.39 is 15.8 Å². The van der Waals surface area contributed by atoms with Crippen LogP contribution in [0.15, 0.2) is 23.1 Å². The van der Waals surface area contributed by atoms with Crippen molar-refractivity contribution in [1.29, 1.82) is 0 Å². The lowest BCUT2D eigenvalue weighted by molar-refractivity contribution is 0.170. The van der Waals surface area contributed by atoms with Crippen LogP contribution in [-0.4, -0.2) is 50.3 Å². The van der Waals surface area contributed by atoms with Crippen molar-refractivity contribution in [1.82, 2.24) is 9.21 Å². The number of nitrogens with two attached hydrogens (primary N) is 1. The van der Waals surface area contributed by atoms with E-state index in [-0.39, 0.29) is 16.6 Å². The van der Waals surface area contributed by atoms with Gasteiger partial charge in [-0.15, -0.1) is 0 Å². The molecule has 106 valence electrons. The maximum atomic E-state index is 13.3. The number of benzene rings is 1. The Kier molecular flexibility index (Phi) is 3.80. The van der Waals surface area contributed by atoms with Gasteiger partial charge in [-0.2, -0.15) is 4.31 Å². The largest absolute Gasteiger partial charge is 0.398 e. The van der Waals surface area contributed by atoms with Gasteiger partial charge in [-0.3, -0.25) is 0 Å². The van der Waals surface area contributed by atoms with Crippen molar-refractivity contribution in [2.24, 2.45) is 0 Å². The molecule has 19 heavy (non-hydrogen) atoms. The van der Waals surface area contributed by atoms with Crippen LogP contribution in [0, 0.1) is 5.82 Å². The molecule has 0 aromatic heterocycles. The quantitative estimate of drug-likeness (QED) is 0.815. The van der Waals surface area contributed by atoms with Crippen molar-refractivity contribution in [2.75, 3.05) is 32.4 Å². The number of piperazine rings is 1. The van der Waals surface area contributed by atoms with Crippen molar-refractivity contribution < 1.29 is 12.8 Å². The second kappa shape index (κ2) is 5.07. The Balaban J connectivity index is 2.39. The van der Waals surface area contributed by atoms with Crippen molar-refractivity contribution >= 4 is 15.7 Å². The number of likely N-dealkylation sites (N-methyl/N-ethyl adjacent to an activating group) is 1. The summed E-state index contributed by atoms with van der Waals surface area (Å²) in [5.41, 5.74) is 5.75. The molecule has 0 radical (unpaired) electrons. The zero-order valence-electron chi connectivity index (χ0n) is 11.0. The molecule has 1 aromatic carbocycles. The molecule has 1 saturated heterocycles. The molecule has 0 saturated carbocycles. The Morgan fingerprint density at radius 3 is 2.68 bits per heavy atom. The van der Waals surface area contributed by atoms with Gasteiger partial charge in [0, 0.05) is 25.7 Å². The Morgan fingerprint density at radius 1 is 1.37 bits per heavy atom. The van der Waals surface area contributed by atoms with E-state index >= 15 is 0 Å². The highest BCUT2D eigenvalue weighted by atomic mass is 32.2. The van der Waals surface area contributed by atoms with Crippen LogP contribution in [0.3, 0.4) is 0 Å². The Hall–Kier alpha value is -1.18. The summed E-state index contributed by atoms with van der Waals surface area (Å²) in [7, 11) is -1.80. The molecule has 1 aliphatic heterocycles. The highest BCUT2D eigenvalue weighted by Crippen LogP contribution is 2.26. The average Bonchev–Trinajstić information content (AvgIpc) is 2.31. The highest BCUT2D eigenvalue weighted by molar-refractivity contribution is 7.89. The molecule has 1 heterocycles. The van der Waals surface area contributed by atoms with Crippen LogP contribution in [0.5, 0.6) is 0 Å². The first-order valence-corrected chi connectivity index (χ1v) is 7.52. The van der Waals surface area contributed by atoms with E-state index in [1.807, 2.05) is 14.0 Å². The lowest BCUT2D eigenvalue weighted by Crippen LogP contribution is -2.52. The molecule has 7 heteroatoms.